The molecule has 9 nitrogen and oxygen atoms in total. The van der Waals surface area contributed by atoms with Crippen LogP contribution in [0.25, 0.3) is 17.1 Å². The molecule has 10 heteroatoms. The molecular weight excluding hydrogens is 347 g/mol. The van der Waals surface area contributed by atoms with Crippen molar-refractivity contribution in [3.63, 3.8) is 0 Å². The molecule has 0 spiro atoms. The van der Waals surface area contributed by atoms with Gasteiger partial charge in [-0.05, 0) is 13.0 Å². The van der Waals surface area contributed by atoms with Gasteiger partial charge in [0.1, 0.15) is 30.0 Å². The summed E-state index contributed by atoms with van der Waals surface area (Å²) in [6.07, 6.45) is 1.46. The molecule has 1 fully saturated rings. The topological polar surface area (TPSA) is 133 Å². The third kappa shape index (κ3) is 2.81. The number of nitrogens with two attached hydrogens (primary N) is 1. The normalized spacial score (nSPS) is 28.9. The lowest BCUT2D eigenvalue weighted by Gasteiger charge is -2.25. The van der Waals surface area contributed by atoms with Crippen LogP contribution in [0.15, 0.2) is 18.6 Å². The number of hydrogen-bond donors (Lipinski definition) is 3. The van der Waals surface area contributed by atoms with Crippen molar-refractivity contribution in [1.82, 2.24) is 14.5 Å². The Morgan fingerprint density at radius 1 is 1.58 bits per heavy atom. The molecule has 0 saturated carbocycles. The molecule has 2 aromatic rings. The highest BCUT2D eigenvalue weighted by molar-refractivity contribution is 5.97. The summed E-state index contributed by atoms with van der Waals surface area (Å²) in [6.45, 7) is 0.640. The highest BCUT2D eigenvalue weighted by Crippen LogP contribution is 2.43. The van der Waals surface area contributed by atoms with Crippen LogP contribution in [-0.2, 0) is 14.3 Å². The Bertz CT molecular complexity index is 866. The molecule has 26 heavy (non-hydrogen) atoms. The number of carbonyl (C=O) groups excluding carboxylic acids is 1. The van der Waals surface area contributed by atoms with Crippen LogP contribution in [0.5, 0.6) is 0 Å². The van der Waals surface area contributed by atoms with Gasteiger partial charge >= 0.3 is 5.97 Å². The summed E-state index contributed by atoms with van der Waals surface area (Å²) >= 11 is 0. The van der Waals surface area contributed by atoms with E-state index < -0.39 is 36.7 Å². The first-order valence-corrected chi connectivity index (χ1v) is 7.81. The van der Waals surface area contributed by atoms with Crippen molar-refractivity contribution in [3.8, 4) is 0 Å². The van der Waals surface area contributed by atoms with E-state index in [1.54, 1.807) is 0 Å². The number of aliphatic hydroxyl groups is 2. The third-order valence-corrected chi connectivity index (χ3v) is 4.42. The lowest BCUT2D eigenvalue weighted by molar-refractivity contribution is -0.134. The zero-order valence-corrected chi connectivity index (χ0v) is 14.2. The van der Waals surface area contributed by atoms with Gasteiger partial charge in [-0.2, -0.15) is 0 Å². The number of nitrogen functional groups attached to an aromatic ring is 1. The molecule has 1 aliphatic rings. The van der Waals surface area contributed by atoms with Crippen LogP contribution < -0.4 is 5.73 Å². The smallest absolute Gasteiger partial charge is 0.330 e. The maximum atomic E-state index is 15.1. The number of carbonyl (C=O) groups is 1. The summed E-state index contributed by atoms with van der Waals surface area (Å²) in [5.41, 5.74) is 4.44. The van der Waals surface area contributed by atoms with E-state index in [1.807, 2.05) is 0 Å². The molecular formula is C16H19FN4O5. The Hall–Kier alpha value is -2.56. The number of esters is 1. The molecule has 0 amide bonds. The lowest BCUT2D eigenvalue weighted by Crippen LogP contribution is -2.40. The van der Waals surface area contributed by atoms with E-state index in [0.29, 0.717) is 10.9 Å². The average molecular weight is 366 g/mol. The van der Waals surface area contributed by atoms with Crippen LogP contribution in [0.4, 0.5) is 10.2 Å². The van der Waals surface area contributed by atoms with Crippen molar-refractivity contribution in [2.24, 2.45) is 0 Å². The second-order valence-electron chi connectivity index (χ2n) is 6.11. The van der Waals surface area contributed by atoms with Gasteiger partial charge < -0.3 is 30.0 Å². The van der Waals surface area contributed by atoms with Gasteiger partial charge in [0.05, 0.1) is 19.1 Å². The van der Waals surface area contributed by atoms with Crippen LogP contribution in [0, 0.1) is 0 Å². The van der Waals surface area contributed by atoms with E-state index in [2.05, 4.69) is 14.7 Å². The SMILES string of the molecule is COC(=O)/C=C/c1cn([C@@H]2O[C@H](CO)[C@@H](O)[C@@]2(C)F)c2ncnc(N)c12. The molecule has 0 aromatic carbocycles. The molecule has 1 saturated heterocycles. The molecule has 0 aliphatic carbocycles. The fourth-order valence-corrected chi connectivity index (χ4v) is 3.03. The van der Waals surface area contributed by atoms with Gasteiger partial charge in [-0.25, -0.2) is 19.2 Å². The highest BCUT2D eigenvalue weighted by atomic mass is 19.1. The van der Waals surface area contributed by atoms with Crippen LogP contribution in [0.1, 0.15) is 18.7 Å². The summed E-state index contributed by atoms with van der Waals surface area (Å²) in [5.74, 6) is -0.444. The Morgan fingerprint density at radius 2 is 2.31 bits per heavy atom. The van der Waals surface area contributed by atoms with Crippen molar-refractivity contribution in [3.05, 3.63) is 24.2 Å². The van der Waals surface area contributed by atoms with Gasteiger partial charge in [-0.3, -0.25) is 0 Å². The summed E-state index contributed by atoms with van der Waals surface area (Å²) in [6, 6.07) is 0. The van der Waals surface area contributed by atoms with Gasteiger partial charge in [0.2, 0.25) is 0 Å². The van der Waals surface area contributed by atoms with E-state index in [1.165, 1.54) is 43.3 Å². The van der Waals surface area contributed by atoms with Crippen molar-refractivity contribution in [1.29, 1.82) is 0 Å². The molecule has 0 bridgehead atoms. The maximum absolute atomic E-state index is 15.1. The van der Waals surface area contributed by atoms with Gasteiger partial charge in [0.25, 0.3) is 0 Å². The molecule has 3 rings (SSSR count). The minimum absolute atomic E-state index is 0.135. The lowest BCUT2D eigenvalue weighted by atomic mass is 9.98. The standard InChI is InChI=1S/C16H19FN4O5/c1-16(17)12(24)9(6-22)26-15(16)21-5-8(3-4-10(23)25-2)11-13(18)19-7-20-14(11)21/h3-5,7,9,12,15,22,24H,6H2,1-2H3,(H2,18,19,20)/b4-3+/t9-,12-,15-,16-/m1/s1. The molecule has 0 radical (unpaired) electrons. The van der Waals surface area contributed by atoms with Gasteiger partial charge in [-0.15, -0.1) is 0 Å². The van der Waals surface area contributed by atoms with E-state index in [-0.39, 0.29) is 11.5 Å². The predicted molar refractivity (Wildman–Crippen MR) is 89.5 cm³/mol. The molecule has 3 heterocycles. The quantitative estimate of drug-likeness (QED) is 0.515. The number of anilines is 1. The van der Waals surface area contributed by atoms with Crippen LogP contribution in [0.3, 0.4) is 0 Å². The molecule has 140 valence electrons. The third-order valence-electron chi connectivity index (χ3n) is 4.42. The Labute approximate surface area is 147 Å². The fraction of sp³-hybridized carbons (Fsp3) is 0.438. The van der Waals surface area contributed by atoms with Gasteiger partial charge in [0.15, 0.2) is 11.9 Å². The Balaban J connectivity index is 2.14. The number of hydrogen-bond acceptors (Lipinski definition) is 8. The second kappa shape index (κ2) is 6.63. The predicted octanol–water partition coefficient (Wildman–Crippen LogP) is 0.178. The number of aromatic nitrogens is 3. The first-order chi connectivity index (χ1) is 12.3. The van der Waals surface area contributed by atoms with Crippen molar-refractivity contribution < 1.29 is 28.9 Å². The number of alkyl halides is 1. The minimum atomic E-state index is -2.19. The molecule has 1 aliphatic heterocycles. The second-order valence-corrected chi connectivity index (χ2v) is 6.11. The fourth-order valence-electron chi connectivity index (χ4n) is 3.03. The number of ether oxygens (including phenoxy) is 2. The zero-order valence-electron chi connectivity index (χ0n) is 14.2. The molecule has 2 aromatic heterocycles. The summed E-state index contributed by atoms with van der Waals surface area (Å²) < 4.78 is 26.5. The molecule has 0 unspecified atom stereocenters. The number of nitrogens with zero attached hydrogens (tertiary/aromatic N) is 3. The summed E-state index contributed by atoms with van der Waals surface area (Å²) in [7, 11) is 1.24. The molecule has 4 N–H and O–H groups in total. The van der Waals surface area contributed by atoms with Crippen molar-refractivity contribution >= 4 is 28.9 Å². The maximum Gasteiger partial charge on any atom is 0.330 e. The van der Waals surface area contributed by atoms with Crippen LogP contribution in [-0.4, -0.2) is 62.3 Å². The monoisotopic (exact) mass is 366 g/mol. The van der Waals surface area contributed by atoms with Crippen molar-refractivity contribution in [2.75, 3.05) is 19.5 Å². The van der Waals surface area contributed by atoms with E-state index >= 15 is 4.39 Å². The zero-order chi connectivity index (χ0) is 19.1. The van der Waals surface area contributed by atoms with Gasteiger partial charge in [-0.1, -0.05) is 0 Å². The first-order valence-electron chi connectivity index (χ1n) is 7.81. The average Bonchev–Trinajstić information content (AvgIpc) is 3.09. The van der Waals surface area contributed by atoms with Crippen molar-refractivity contribution in [2.45, 2.75) is 31.0 Å². The Morgan fingerprint density at radius 3 is 2.92 bits per heavy atom. The Kier molecular flexibility index (Phi) is 4.65. The number of aliphatic hydroxyl groups excluding tert-OH is 2. The van der Waals surface area contributed by atoms with E-state index in [0.717, 1.165) is 0 Å². The first kappa shape index (κ1) is 18.2. The molecule has 4 atom stereocenters. The number of halogens is 1. The number of rotatable bonds is 4. The summed E-state index contributed by atoms with van der Waals surface area (Å²) in [4.78, 5) is 19.4. The number of methoxy groups -OCH3 is 1. The minimum Gasteiger partial charge on any atom is -0.466 e. The highest BCUT2D eigenvalue weighted by Gasteiger charge is 2.55. The van der Waals surface area contributed by atoms with Crippen LogP contribution >= 0.6 is 0 Å². The van der Waals surface area contributed by atoms with E-state index in [9.17, 15) is 15.0 Å². The van der Waals surface area contributed by atoms with Gasteiger partial charge in [0, 0.05) is 17.8 Å². The summed E-state index contributed by atoms with van der Waals surface area (Å²) in [5, 5.41) is 19.8. The van der Waals surface area contributed by atoms with Crippen LogP contribution in [0.2, 0.25) is 0 Å². The van der Waals surface area contributed by atoms with E-state index in [4.69, 9.17) is 10.5 Å². The number of fused-ring (bicyclic) bond motifs is 1. The largest absolute Gasteiger partial charge is 0.466 e.